The highest BCUT2D eigenvalue weighted by atomic mass is 127. The van der Waals surface area contributed by atoms with Gasteiger partial charge in [-0.05, 0) is 81.7 Å². The molecule has 5 aromatic rings. The van der Waals surface area contributed by atoms with Crippen LogP contribution >= 0.6 is 22.6 Å². The number of nitrogens with zero attached hydrogens (tertiary/aromatic N) is 4. The average molecular weight is 936 g/mol. The fourth-order valence-corrected chi connectivity index (χ4v) is 8.39. The molecule has 0 aliphatic carbocycles. The number of hydrogen-bond donors (Lipinski definition) is 1. The zero-order valence-electron chi connectivity index (χ0n) is 34.4. The van der Waals surface area contributed by atoms with Crippen molar-refractivity contribution in [3.63, 3.8) is 0 Å². The molecule has 1 aliphatic heterocycles. The van der Waals surface area contributed by atoms with E-state index in [9.17, 15) is 14.4 Å². The average Bonchev–Trinajstić information content (AvgIpc) is 3.78. The van der Waals surface area contributed by atoms with Gasteiger partial charge in [0.25, 0.3) is 0 Å². The number of carbonyl (C=O) groups excluding carboxylic acids is 3. The van der Waals surface area contributed by atoms with Gasteiger partial charge in [-0.15, -0.1) is 0 Å². The Balaban J connectivity index is 1.51. The van der Waals surface area contributed by atoms with Crippen LogP contribution in [0.2, 0.25) is 18.1 Å². The lowest BCUT2D eigenvalue weighted by Crippen LogP contribution is -2.50. The van der Waals surface area contributed by atoms with E-state index in [1.54, 1.807) is 47.7 Å². The Hall–Kier alpha value is -4.75. The van der Waals surface area contributed by atoms with Crippen LogP contribution in [0.3, 0.4) is 0 Å². The highest BCUT2D eigenvalue weighted by molar-refractivity contribution is 14.1. The Labute approximate surface area is 358 Å². The van der Waals surface area contributed by atoms with Crippen molar-refractivity contribution in [3.05, 3.63) is 108 Å². The number of hydrogen-bond acceptors (Lipinski definition) is 12. The number of esters is 1. The largest absolute Gasteiger partial charge is 0.497 e. The normalized spacial score (nSPS) is 18.4. The highest BCUT2D eigenvalue weighted by Gasteiger charge is 2.54. The van der Waals surface area contributed by atoms with Gasteiger partial charge in [-0.1, -0.05) is 75.4 Å². The van der Waals surface area contributed by atoms with Gasteiger partial charge in [0.05, 0.1) is 33.6 Å². The number of nitrogens with one attached hydrogen (secondary N) is 1. The number of aromatic nitrogens is 4. The summed E-state index contributed by atoms with van der Waals surface area (Å²) >= 11 is 1.68. The zero-order valence-corrected chi connectivity index (χ0v) is 37.6. The second-order valence-corrected chi connectivity index (χ2v) is 21.7. The monoisotopic (exact) mass is 935 g/mol. The molecule has 1 unspecified atom stereocenters. The third-order valence-electron chi connectivity index (χ3n) is 10.9. The number of anilines is 1. The lowest BCUT2D eigenvalue weighted by molar-refractivity contribution is -0.159. The summed E-state index contributed by atoms with van der Waals surface area (Å²) < 4.78 is 40.4. The van der Waals surface area contributed by atoms with Crippen LogP contribution in [0.1, 0.15) is 63.5 Å². The predicted octanol–water partition coefficient (Wildman–Crippen LogP) is 7.75. The van der Waals surface area contributed by atoms with E-state index < -0.39 is 44.4 Å². The fraction of sp³-hybridized carbons (Fsp3) is 0.395. The third-order valence-corrected chi connectivity index (χ3v) is 15.9. The first-order chi connectivity index (χ1) is 28.1. The summed E-state index contributed by atoms with van der Waals surface area (Å²) in [5.74, 6) is 0.684. The fourth-order valence-electron chi connectivity index (χ4n) is 6.84. The molecule has 4 atom stereocenters. The van der Waals surface area contributed by atoms with E-state index in [1.165, 1.54) is 13.3 Å². The van der Waals surface area contributed by atoms with Crippen molar-refractivity contribution in [1.82, 2.24) is 19.5 Å². The number of halogens is 1. The molecule has 0 spiro atoms. The highest BCUT2D eigenvalue weighted by Crippen LogP contribution is 2.46. The Morgan fingerprint density at radius 2 is 1.42 bits per heavy atom. The molecule has 1 saturated heterocycles. The van der Waals surface area contributed by atoms with Crippen LogP contribution in [0.4, 0.5) is 5.82 Å². The van der Waals surface area contributed by atoms with Gasteiger partial charge in [0.1, 0.15) is 35.6 Å². The van der Waals surface area contributed by atoms with E-state index in [1.807, 2.05) is 78.9 Å². The number of imidazole rings is 1. The zero-order chi connectivity index (χ0) is 42.5. The summed E-state index contributed by atoms with van der Waals surface area (Å²) in [7, 11) is 0.595. The first-order valence-corrected chi connectivity index (χ1v) is 23.2. The molecule has 0 radical (unpaired) electrons. The van der Waals surface area contributed by atoms with Crippen LogP contribution in [0.5, 0.6) is 11.5 Å². The second-order valence-electron chi connectivity index (χ2n) is 15.8. The molecule has 312 valence electrons. The number of fused-ring (bicyclic) bond motifs is 1. The van der Waals surface area contributed by atoms with Gasteiger partial charge < -0.3 is 33.4 Å². The molecule has 1 N–H and O–H groups in total. The molecule has 3 aromatic carbocycles. The molecular weight excluding hydrogens is 885 g/mol. The van der Waals surface area contributed by atoms with E-state index in [0.717, 1.165) is 16.7 Å². The van der Waals surface area contributed by atoms with E-state index in [0.29, 0.717) is 22.7 Å². The number of benzene rings is 3. The van der Waals surface area contributed by atoms with Crippen molar-refractivity contribution in [2.24, 2.45) is 0 Å². The molecule has 0 saturated carbocycles. The lowest BCUT2D eigenvalue weighted by atomic mass is 9.80. The SMILES string of the molecule is COc1ccc(C(OC[C@H]2O[C@@H](n3cnc4c(NC(C)=O)ncnc43)C(O[Si](C)(C)C(C)(C)C)[C@H]2OC(=O)CCC(=O)I)(c2ccccc2)c2ccc(OC)cc2)cc1. The van der Waals surface area contributed by atoms with Gasteiger partial charge in [0.2, 0.25) is 5.91 Å². The standard InChI is InChI=1S/C43H50IN5O9Si/c1-27(50)48-39-36-40(46-25-45-39)49(26-47-36)41-38(58-59(7,8)42(2,3)4)37(57-35(52)23-22-34(44)51)33(56-41)24-55-43(28-12-10-9-11-13-28,29-14-18-31(53-5)19-15-29)30-16-20-32(54-6)21-17-30/h9-21,25-26,33,37-38,41H,22-24H2,1-8H3,(H,45,46,48,50)/t33-,37+,38?,41-/m1/s1. The van der Waals surface area contributed by atoms with Crippen molar-refractivity contribution < 1.29 is 42.5 Å². The maximum atomic E-state index is 13.7. The molecule has 6 rings (SSSR count). The number of rotatable bonds is 16. The van der Waals surface area contributed by atoms with Crippen molar-refractivity contribution in [3.8, 4) is 11.5 Å². The number of amides is 1. The Kier molecular flexibility index (Phi) is 13.6. The van der Waals surface area contributed by atoms with Crippen LogP contribution in [-0.2, 0) is 38.6 Å². The van der Waals surface area contributed by atoms with Crippen molar-refractivity contribution in [2.45, 2.75) is 88.8 Å². The summed E-state index contributed by atoms with van der Waals surface area (Å²) in [4.78, 5) is 51.1. The first-order valence-electron chi connectivity index (χ1n) is 19.2. The van der Waals surface area contributed by atoms with Crippen LogP contribution in [0.25, 0.3) is 11.2 Å². The van der Waals surface area contributed by atoms with E-state index in [2.05, 4.69) is 54.1 Å². The minimum absolute atomic E-state index is 0.00633. The smallest absolute Gasteiger partial charge is 0.306 e. The summed E-state index contributed by atoms with van der Waals surface area (Å²) in [6.07, 6.45) is -0.974. The quantitative estimate of drug-likeness (QED) is 0.0337. The van der Waals surface area contributed by atoms with Crippen molar-refractivity contribution in [1.29, 1.82) is 0 Å². The molecule has 16 heteroatoms. The van der Waals surface area contributed by atoms with E-state index in [-0.39, 0.29) is 40.0 Å². The van der Waals surface area contributed by atoms with Crippen molar-refractivity contribution >= 4 is 63.6 Å². The summed E-state index contributed by atoms with van der Waals surface area (Å²) in [5.41, 5.74) is 1.92. The van der Waals surface area contributed by atoms with Crippen molar-refractivity contribution in [2.75, 3.05) is 26.1 Å². The maximum Gasteiger partial charge on any atom is 0.306 e. The van der Waals surface area contributed by atoms with Gasteiger partial charge in [-0.2, -0.15) is 0 Å². The van der Waals surface area contributed by atoms with Crippen LogP contribution in [-0.4, -0.2) is 82.6 Å². The molecule has 59 heavy (non-hydrogen) atoms. The molecule has 3 heterocycles. The molecule has 1 amide bonds. The number of ether oxygens (including phenoxy) is 5. The van der Waals surface area contributed by atoms with Gasteiger partial charge in [0, 0.05) is 13.3 Å². The first kappa shape index (κ1) is 43.8. The van der Waals surface area contributed by atoms with Gasteiger partial charge >= 0.3 is 5.97 Å². The summed E-state index contributed by atoms with van der Waals surface area (Å²) in [6, 6.07) is 25.2. The van der Waals surface area contributed by atoms with Gasteiger partial charge in [0.15, 0.2) is 41.4 Å². The Bertz CT molecular complexity index is 2200. The Morgan fingerprint density at radius 1 is 0.831 bits per heavy atom. The lowest BCUT2D eigenvalue weighted by Gasteiger charge is -2.40. The van der Waals surface area contributed by atoms with Gasteiger partial charge in [-0.3, -0.25) is 19.0 Å². The second kappa shape index (κ2) is 18.2. The number of methoxy groups -OCH3 is 2. The predicted molar refractivity (Wildman–Crippen MR) is 232 cm³/mol. The molecule has 1 aliphatic rings. The van der Waals surface area contributed by atoms with Crippen LogP contribution in [0, 0.1) is 0 Å². The third kappa shape index (κ3) is 9.51. The van der Waals surface area contributed by atoms with Crippen LogP contribution < -0.4 is 14.8 Å². The molecule has 14 nitrogen and oxygen atoms in total. The number of carbonyl (C=O) groups is 3. The van der Waals surface area contributed by atoms with Gasteiger partial charge in [-0.25, -0.2) is 15.0 Å². The molecular formula is C43H50IN5O9Si. The summed E-state index contributed by atoms with van der Waals surface area (Å²) in [5, 5.41) is 2.47. The topological polar surface area (TPSA) is 162 Å². The minimum atomic E-state index is -2.63. The summed E-state index contributed by atoms with van der Waals surface area (Å²) in [6.45, 7) is 11.9. The minimum Gasteiger partial charge on any atom is -0.497 e. The molecule has 2 aromatic heterocycles. The maximum absolute atomic E-state index is 13.7. The molecule has 1 fully saturated rings. The van der Waals surface area contributed by atoms with Crippen LogP contribution in [0.15, 0.2) is 91.5 Å². The molecule has 0 bridgehead atoms. The van der Waals surface area contributed by atoms with E-state index in [4.69, 9.17) is 28.1 Å². The van der Waals surface area contributed by atoms with E-state index >= 15 is 0 Å². The Morgan fingerprint density at radius 3 is 1.97 bits per heavy atom.